The third-order valence-electron chi connectivity index (χ3n) is 5.39. The molecule has 1 aromatic heterocycles. The summed E-state index contributed by atoms with van der Waals surface area (Å²) in [7, 11) is 0. The summed E-state index contributed by atoms with van der Waals surface area (Å²) >= 11 is 3.52. The summed E-state index contributed by atoms with van der Waals surface area (Å²) in [4.78, 5) is 26.3. The molecular weight excluding hydrogens is 378 g/mol. The summed E-state index contributed by atoms with van der Waals surface area (Å²) in [6.45, 7) is 2.18. The Labute approximate surface area is 170 Å². The van der Waals surface area contributed by atoms with Gasteiger partial charge in [0.15, 0.2) is 0 Å². The average molecular weight is 410 g/mol. The quantitative estimate of drug-likeness (QED) is 0.471. The molecule has 1 fully saturated rings. The normalized spacial score (nSPS) is 17.8. The number of amides is 1. The highest BCUT2D eigenvalue weighted by molar-refractivity contribution is 7.99. The molecule has 0 spiro atoms. The molecule has 3 rings (SSSR count). The van der Waals surface area contributed by atoms with Crippen molar-refractivity contribution < 1.29 is 14.3 Å². The highest BCUT2D eigenvalue weighted by atomic mass is 32.2. The van der Waals surface area contributed by atoms with Gasteiger partial charge in [-0.3, -0.25) is 4.79 Å². The number of aryl methyl sites for hydroxylation is 1. The molecule has 0 bridgehead atoms. The second-order valence-electron chi connectivity index (χ2n) is 7.42. The molecule has 0 unspecified atom stereocenters. The lowest BCUT2D eigenvalue weighted by atomic mass is 10.0. The molecule has 4 nitrogen and oxygen atoms in total. The van der Waals surface area contributed by atoms with Gasteiger partial charge in [0.1, 0.15) is 5.00 Å². The summed E-state index contributed by atoms with van der Waals surface area (Å²) in [5, 5.41) is 4.45. The molecular formula is C21H31NO3S2. The lowest BCUT2D eigenvalue weighted by Crippen LogP contribution is -2.16. The van der Waals surface area contributed by atoms with E-state index in [2.05, 4.69) is 5.32 Å². The highest BCUT2D eigenvalue weighted by Crippen LogP contribution is 2.38. The third kappa shape index (κ3) is 5.74. The number of hydrogen-bond acceptors (Lipinski definition) is 5. The average Bonchev–Trinajstić information content (AvgIpc) is 2.83. The number of rotatable bonds is 7. The minimum atomic E-state index is -0.288. The number of nitrogens with one attached hydrogen (secondary N) is 1. The maximum absolute atomic E-state index is 12.5. The van der Waals surface area contributed by atoms with Crippen LogP contribution in [0.15, 0.2) is 0 Å². The minimum absolute atomic E-state index is 0.0141. The van der Waals surface area contributed by atoms with Gasteiger partial charge in [-0.25, -0.2) is 4.79 Å². The molecule has 0 aromatic carbocycles. The predicted molar refractivity (Wildman–Crippen MR) is 114 cm³/mol. The molecule has 1 aromatic rings. The van der Waals surface area contributed by atoms with E-state index in [1.165, 1.54) is 43.4 Å². The number of esters is 1. The number of carbonyl (C=O) groups is 2. The maximum Gasteiger partial charge on any atom is 0.341 e. The van der Waals surface area contributed by atoms with Gasteiger partial charge in [0.05, 0.1) is 12.2 Å². The third-order valence-corrected chi connectivity index (χ3v) is 7.98. The summed E-state index contributed by atoms with van der Waals surface area (Å²) in [6, 6.07) is 0. The van der Waals surface area contributed by atoms with Crippen LogP contribution in [0.2, 0.25) is 0 Å². The van der Waals surface area contributed by atoms with Crippen molar-refractivity contribution in [3.63, 3.8) is 0 Å². The molecule has 1 heterocycles. The van der Waals surface area contributed by atoms with Gasteiger partial charge in [-0.1, -0.05) is 25.7 Å². The molecule has 0 aliphatic heterocycles. The van der Waals surface area contributed by atoms with Gasteiger partial charge in [-0.05, 0) is 51.0 Å². The van der Waals surface area contributed by atoms with Crippen LogP contribution in [0.3, 0.4) is 0 Å². The summed E-state index contributed by atoms with van der Waals surface area (Å²) in [6.07, 6.45) is 12.5. The van der Waals surface area contributed by atoms with E-state index in [0.29, 0.717) is 23.6 Å². The molecule has 2 aliphatic carbocycles. The lowest BCUT2D eigenvalue weighted by molar-refractivity contribution is -0.115. The standard InChI is InChI=1S/C21H31NO3S2/c1-2-25-21(24)19-16-11-7-4-8-12-17(16)27-20(19)22-18(23)13-14-26-15-9-5-3-6-10-15/h15H,2-14H2,1H3,(H,22,23). The fourth-order valence-electron chi connectivity index (χ4n) is 3.99. The number of ether oxygens (including phenoxy) is 1. The molecule has 2 aliphatic rings. The van der Waals surface area contributed by atoms with E-state index in [9.17, 15) is 9.59 Å². The van der Waals surface area contributed by atoms with Crippen LogP contribution in [-0.4, -0.2) is 29.5 Å². The molecule has 150 valence electrons. The number of carbonyl (C=O) groups excluding carboxylic acids is 2. The zero-order valence-corrected chi connectivity index (χ0v) is 17.9. The molecule has 0 atom stereocenters. The van der Waals surface area contributed by atoms with E-state index >= 15 is 0 Å². The van der Waals surface area contributed by atoms with E-state index < -0.39 is 0 Å². The number of anilines is 1. The SMILES string of the molecule is CCOC(=O)c1c(NC(=O)CCSC2CCCCC2)sc2c1CCCCC2. The zero-order chi connectivity index (χ0) is 19.1. The Morgan fingerprint density at radius 3 is 2.63 bits per heavy atom. The Balaban J connectivity index is 1.62. The first kappa shape index (κ1) is 20.7. The number of thioether (sulfide) groups is 1. The first-order valence-electron chi connectivity index (χ1n) is 10.4. The second-order valence-corrected chi connectivity index (χ2v) is 9.93. The van der Waals surface area contributed by atoms with Crippen molar-refractivity contribution in [3.8, 4) is 0 Å². The van der Waals surface area contributed by atoms with E-state index in [4.69, 9.17) is 4.74 Å². The number of fused-ring (bicyclic) bond motifs is 1. The predicted octanol–water partition coefficient (Wildman–Crippen LogP) is 5.59. The monoisotopic (exact) mass is 409 g/mol. The van der Waals surface area contributed by atoms with Gasteiger partial charge >= 0.3 is 5.97 Å². The molecule has 27 heavy (non-hydrogen) atoms. The molecule has 1 N–H and O–H groups in total. The van der Waals surface area contributed by atoms with Crippen molar-refractivity contribution in [3.05, 3.63) is 16.0 Å². The Morgan fingerprint density at radius 1 is 1.11 bits per heavy atom. The van der Waals surface area contributed by atoms with Crippen molar-refractivity contribution in [1.29, 1.82) is 0 Å². The first-order valence-corrected chi connectivity index (χ1v) is 12.3. The Morgan fingerprint density at radius 2 is 1.85 bits per heavy atom. The van der Waals surface area contributed by atoms with Crippen LogP contribution >= 0.6 is 23.1 Å². The van der Waals surface area contributed by atoms with Gasteiger partial charge in [0, 0.05) is 22.3 Å². The summed E-state index contributed by atoms with van der Waals surface area (Å²) in [5.74, 6) is 0.583. The molecule has 0 radical (unpaired) electrons. The van der Waals surface area contributed by atoms with Crippen molar-refractivity contribution >= 4 is 40.0 Å². The van der Waals surface area contributed by atoms with Crippen molar-refractivity contribution in [2.24, 2.45) is 0 Å². The molecule has 6 heteroatoms. The van der Waals surface area contributed by atoms with Gasteiger partial charge in [0.2, 0.25) is 5.91 Å². The molecule has 1 saturated carbocycles. The minimum Gasteiger partial charge on any atom is -0.462 e. The number of thiophene rings is 1. The molecule has 0 saturated heterocycles. The van der Waals surface area contributed by atoms with E-state index in [1.807, 2.05) is 18.7 Å². The highest BCUT2D eigenvalue weighted by Gasteiger charge is 2.26. The zero-order valence-electron chi connectivity index (χ0n) is 16.3. The maximum atomic E-state index is 12.5. The second kappa shape index (κ2) is 10.5. The van der Waals surface area contributed by atoms with Crippen LogP contribution in [0.5, 0.6) is 0 Å². The summed E-state index contributed by atoms with van der Waals surface area (Å²) in [5.41, 5.74) is 1.73. The molecule has 1 amide bonds. The van der Waals surface area contributed by atoms with Crippen LogP contribution in [0.1, 0.15) is 85.5 Å². The summed E-state index contributed by atoms with van der Waals surface area (Å²) < 4.78 is 5.29. The fourth-order valence-corrected chi connectivity index (χ4v) is 6.59. The first-order chi connectivity index (χ1) is 13.2. The van der Waals surface area contributed by atoms with Crippen LogP contribution in [-0.2, 0) is 22.4 Å². The lowest BCUT2D eigenvalue weighted by Gasteiger charge is -2.20. The van der Waals surface area contributed by atoms with Crippen LogP contribution in [0.4, 0.5) is 5.00 Å². The van der Waals surface area contributed by atoms with Gasteiger partial charge in [0.25, 0.3) is 0 Å². The van der Waals surface area contributed by atoms with Crippen molar-refractivity contribution in [2.45, 2.75) is 82.8 Å². The number of hydrogen-bond donors (Lipinski definition) is 1. The van der Waals surface area contributed by atoms with Crippen molar-refractivity contribution in [2.75, 3.05) is 17.7 Å². The fraction of sp³-hybridized carbons (Fsp3) is 0.714. The van der Waals surface area contributed by atoms with Crippen molar-refractivity contribution in [1.82, 2.24) is 0 Å². The van der Waals surface area contributed by atoms with Crippen LogP contribution in [0.25, 0.3) is 0 Å². The largest absolute Gasteiger partial charge is 0.462 e. The van der Waals surface area contributed by atoms with Gasteiger partial charge in [-0.15, -0.1) is 11.3 Å². The smallest absolute Gasteiger partial charge is 0.341 e. The van der Waals surface area contributed by atoms with E-state index in [1.54, 1.807) is 11.3 Å². The Kier molecular flexibility index (Phi) is 8.07. The van der Waals surface area contributed by atoms with Gasteiger partial charge in [-0.2, -0.15) is 11.8 Å². The Hall–Kier alpha value is -1.01. The van der Waals surface area contributed by atoms with Crippen LogP contribution < -0.4 is 5.32 Å². The topological polar surface area (TPSA) is 55.4 Å². The Bertz CT molecular complexity index is 650. The van der Waals surface area contributed by atoms with E-state index in [0.717, 1.165) is 42.2 Å². The van der Waals surface area contributed by atoms with Gasteiger partial charge < -0.3 is 10.1 Å². The van der Waals surface area contributed by atoms with Crippen LogP contribution in [0, 0.1) is 0 Å². The van der Waals surface area contributed by atoms with E-state index in [-0.39, 0.29) is 11.9 Å².